The molecule has 4 N–H and O–H groups in total. The van der Waals surface area contributed by atoms with Gasteiger partial charge in [-0.15, -0.1) is 0 Å². The second-order valence-corrected chi connectivity index (χ2v) is 9.30. The minimum Gasteiger partial charge on any atom is -0.479 e. The Morgan fingerprint density at radius 1 is 0.921 bits per heavy atom. The summed E-state index contributed by atoms with van der Waals surface area (Å²) >= 11 is 0. The van der Waals surface area contributed by atoms with Gasteiger partial charge in [0.2, 0.25) is 5.91 Å². The number of ether oxygens (including phenoxy) is 1. The first-order chi connectivity index (χ1) is 18.3. The van der Waals surface area contributed by atoms with Crippen molar-refractivity contribution in [3.63, 3.8) is 0 Å². The number of carbonyl (C=O) groups is 3. The van der Waals surface area contributed by atoms with Gasteiger partial charge >= 0.3 is 12.1 Å². The number of fused-ring (bicyclic) bond motifs is 3. The van der Waals surface area contributed by atoms with E-state index >= 15 is 0 Å². The Kier molecular flexibility index (Phi) is 8.73. The summed E-state index contributed by atoms with van der Waals surface area (Å²) in [5, 5.41) is 23.5. The summed E-state index contributed by atoms with van der Waals surface area (Å²) in [7, 11) is 1.80. The van der Waals surface area contributed by atoms with Crippen molar-refractivity contribution < 1.29 is 29.3 Å². The van der Waals surface area contributed by atoms with E-state index in [9.17, 15) is 19.5 Å². The van der Waals surface area contributed by atoms with Gasteiger partial charge in [-0.2, -0.15) is 0 Å². The number of carboxylic acids is 1. The third kappa shape index (κ3) is 6.56. The maximum Gasteiger partial charge on any atom is 0.407 e. The molecule has 0 saturated carbocycles. The van der Waals surface area contributed by atoms with Crippen LogP contribution in [0.3, 0.4) is 0 Å². The second kappa shape index (κ2) is 12.4. The molecule has 0 fully saturated rings. The first kappa shape index (κ1) is 26.8. The normalized spacial score (nSPS) is 13.8. The molecule has 2 atom stereocenters. The number of alkyl carbamates (subject to hydrolysis) is 1. The number of amides is 2. The van der Waals surface area contributed by atoms with Gasteiger partial charge < -0.3 is 25.6 Å². The largest absolute Gasteiger partial charge is 0.479 e. The molecule has 1 aliphatic rings. The van der Waals surface area contributed by atoms with Crippen molar-refractivity contribution in [3.05, 3.63) is 95.6 Å². The van der Waals surface area contributed by atoms with Crippen LogP contribution in [-0.4, -0.2) is 72.0 Å². The van der Waals surface area contributed by atoms with Crippen molar-refractivity contribution >= 4 is 18.0 Å². The Hall–Kier alpha value is -4.21. The molecule has 0 radical (unpaired) electrons. The summed E-state index contributed by atoms with van der Waals surface area (Å²) in [6, 6.07) is 24.6. The van der Waals surface area contributed by atoms with Gasteiger partial charge in [0.05, 0.1) is 6.54 Å². The number of aliphatic hydroxyl groups is 1. The molecule has 3 aromatic carbocycles. The van der Waals surface area contributed by atoms with E-state index in [4.69, 9.17) is 9.84 Å². The summed E-state index contributed by atoms with van der Waals surface area (Å²) in [6.45, 7) is 0.258. The van der Waals surface area contributed by atoms with Crippen LogP contribution in [0.15, 0.2) is 78.9 Å². The van der Waals surface area contributed by atoms with Crippen molar-refractivity contribution in [2.24, 2.45) is 0 Å². The fourth-order valence-electron chi connectivity index (χ4n) is 4.66. The SMILES string of the molecule is CN(Cc1ccccc1)CC(NC(=O)OCC1c2ccccc2-c2ccccc21)C(=O)NC[C@H](O)C(=O)O. The van der Waals surface area contributed by atoms with Gasteiger partial charge in [0.15, 0.2) is 6.10 Å². The Morgan fingerprint density at radius 2 is 1.50 bits per heavy atom. The smallest absolute Gasteiger partial charge is 0.407 e. The van der Waals surface area contributed by atoms with Crippen molar-refractivity contribution in [1.29, 1.82) is 0 Å². The third-order valence-corrected chi connectivity index (χ3v) is 6.50. The lowest BCUT2D eigenvalue weighted by atomic mass is 9.98. The van der Waals surface area contributed by atoms with Crippen LogP contribution in [0.2, 0.25) is 0 Å². The van der Waals surface area contributed by atoms with Gasteiger partial charge in [0.1, 0.15) is 12.6 Å². The third-order valence-electron chi connectivity index (χ3n) is 6.50. The molecule has 9 nitrogen and oxygen atoms in total. The quantitative estimate of drug-likeness (QED) is 0.308. The van der Waals surface area contributed by atoms with E-state index in [0.29, 0.717) is 6.54 Å². The van der Waals surface area contributed by atoms with E-state index in [1.165, 1.54) is 0 Å². The molecule has 38 heavy (non-hydrogen) atoms. The predicted octanol–water partition coefficient (Wildman–Crippen LogP) is 2.59. The summed E-state index contributed by atoms with van der Waals surface area (Å²) in [6.07, 6.45) is -2.52. The second-order valence-electron chi connectivity index (χ2n) is 9.30. The van der Waals surface area contributed by atoms with Gasteiger partial charge in [-0.1, -0.05) is 78.9 Å². The minimum absolute atomic E-state index is 0.0891. The lowest BCUT2D eigenvalue weighted by molar-refractivity contribution is -0.146. The molecule has 1 aliphatic carbocycles. The maximum absolute atomic E-state index is 12.9. The monoisotopic (exact) mass is 517 g/mol. The van der Waals surface area contributed by atoms with Crippen molar-refractivity contribution in [2.45, 2.75) is 24.6 Å². The maximum atomic E-state index is 12.9. The average molecular weight is 518 g/mol. The van der Waals surface area contributed by atoms with Crippen LogP contribution >= 0.6 is 0 Å². The fraction of sp³-hybridized carbons (Fsp3) is 0.276. The first-order valence-corrected chi connectivity index (χ1v) is 12.4. The van der Waals surface area contributed by atoms with Gasteiger partial charge in [0, 0.05) is 19.0 Å². The van der Waals surface area contributed by atoms with Gasteiger partial charge in [-0.25, -0.2) is 9.59 Å². The lowest BCUT2D eigenvalue weighted by Crippen LogP contribution is -2.53. The van der Waals surface area contributed by atoms with Crippen molar-refractivity contribution in [3.8, 4) is 11.1 Å². The number of benzene rings is 3. The highest BCUT2D eigenvalue weighted by molar-refractivity contribution is 5.86. The minimum atomic E-state index is -1.75. The van der Waals surface area contributed by atoms with E-state index < -0.39 is 36.7 Å². The number of aliphatic hydroxyl groups excluding tert-OH is 1. The molecule has 2 amide bonds. The van der Waals surface area contributed by atoms with E-state index in [-0.39, 0.29) is 19.1 Å². The highest BCUT2D eigenvalue weighted by atomic mass is 16.5. The Bertz CT molecular complexity index is 1240. The zero-order valence-electron chi connectivity index (χ0n) is 21.0. The zero-order valence-corrected chi connectivity index (χ0v) is 21.0. The van der Waals surface area contributed by atoms with E-state index in [2.05, 4.69) is 10.6 Å². The molecule has 1 unspecified atom stereocenters. The summed E-state index contributed by atoms with van der Waals surface area (Å²) in [5.41, 5.74) is 5.38. The number of carbonyl (C=O) groups excluding carboxylic acids is 2. The van der Waals surface area contributed by atoms with Crippen molar-refractivity contribution in [1.82, 2.24) is 15.5 Å². The fourth-order valence-corrected chi connectivity index (χ4v) is 4.66. The molecule has 0 spiro atoms. The molecule has 198 valence electrons. The highest BCUT2D eigenvalue weighted by Crippen LogP contribution is 2.44. The summed E-state index contributed by atoms with van der Waals surface area (Å²) in [5.74, 6) is -2.21. The van der Waals surface area contributed by atoms with E-state index in [0.717, 1.165) is 27.8 Å². The first-order valence-electron chi connectivity index (χ1n) is 12.4. The van der Waals surface area contributed by atoms with E-state index in [1.807, 2.05) is 83.8 Å². The number of nitrogens with one attached hydrogen (secondary N) is 2. The molecule has 0 bridgehead atoms. The molecule has 4 rings (SSSR count). The molecule has 0 aromatic heterocycles. The Morgan fingerprint density at radius 3 is 2.11 bits per heavy atom. The predicted molar refractivity (Wildman–Crippen MR) is 141 cm³/mol. The number of aliphatic carboxylic acids is 1. The number of nitrogens with zero attached hydrogens (tertiary/aromatic N) is 1. The van der Waals surface area contributed by atoms with Crippen LogP contribution in [0.25, 0.3) is 11.1 Å². The number of carboxylic acid groups (broad SMARTS) is 1. The Balaban J connectivity index is 1.41. The number of likely N-dealkylation sites (N-methyl/N-ethyl adjacent to an activating group) is 1. The van der Waals surface area contributed by atoms with Crippen LogP contribution in [0.5, 0.6) is 0 Å². The van der Waals surface area contributed by atoms with Crippen LogP contribution in [0.1, 0.15) is 22.6 Å². The highest BCUT2D eigenvalue weighted by Gasteiger charge is 2.30. The van der Waals surface area contributed by atoms with E-state index in [1.54, 1.807) is 7.05 Å². The molecule has 0 saturated heterocycles. The van der Waals surface area contributed by atoms with Gasteiger partial charge in [-0.05, 0) is 34.9 Å². The van der Waals surface area contributed by atoms with Gasteiger partial charge in [0.25, 0.3) is 0 Å². The van der Waals surface area contributed by atoms with Crippen LogP contribution < -0.4 is 10.6 Å². The molecular formula is C29H31N3O6. The zero-order chi connectivity index (χ0) is 27.1. The van der Waals surface area contributed by atoms with Crippen LogP contribution in [-0.2, 0) is 20.9 Å². The molecule has 9 heteroatoms. The number of hydrogen-bond donors (Lipinski definition) is 4. The van der Waals surface area contributed by atoms with Crippen molar-refractivity contribution in [2.75, 3.05) is 26.7 Å². The lowest BCUT2D eigenvalue weighted by Gasteiger charge is -2.25. The summed E-state index contributed by atoms with van der Waals surface area (Å²) in [4.78, 5) is 38.5. The standard InChI is InChI=1S/C29H31N3O6/c1-32(16-19-9-3-2-4-10-19)17-25(27(34)30-15-26(33)28(35)36)31-29(37)38-18-24-22-13-7-5-11-20(22)21-12-6-8-14-23(21)24/h2-14,24-26,33H,15-18H2,1H3,(H,30,34)(H,31,37)(H,35,36)/t25?,26-/m0/s1. The number of hydrogen-bond acceptors (Lipinski definition) is 6. The Labute approximate surface area is 221 Å². The molecule has 0 aliphatic heterocycles. The van der Waals surface area contributed by atoms with Crippen LogP contribution in [0.4, 0.5) is 4.79 Å². The molecule has 0 heterocycles. The molecule has 3 aromatic rings. The number of rotatable bonds is 11. The summed E-state index contributed by atoms with van der Waals surface area (Å²) < 4.78 is 5.59. The topological polar surface area (TPSA) is 128 Å². The van der Waals surface area contributed by atoms with Crippen LogP contribution in [0, 0.1) is 0 Å². The van der Waals surface area contributed by atoms with Gasteiger partial charge in [-0.3, -0.25) is 9.69 Å². The average Bonchev–Trinajstić information content (AvgIpc) is 3.24. The molecular weight excluding hydrogens is 486 g/mol.